The monoisotopic (exact) mass is 167 g/mol. The second-order valence-corrected chi connectivity index (χ2v) is 2.99. The van der Waals surface area contributed by atoms with E-state index in [4.69, 9.17) is 16.7 Å². The number of thiophene rings is 1. The van der Waals surface area contributed by atoms with Crippen LogP contribution < -0.4 is 11.5 Å². The smallest absolute Gasteiger partial charge is 0.0641 e. The van der Waals surface area contributed by atoms with E-state index in [-0.39, 0.29) is 6.04 Å². The van der Waals surface area contributed by atoms with Crippen LogP contribution in [0.3, 0.4) is 0 Å². The second kappa shape index (κ2) is 3.37. The summed E-state index contributed by atoms with van der Waals surface area (Å²) in [6.45, 7) is 0. The third kappa shape index (κ3) is 1.70. The third-order valence-corrected chi connectivity index (χ3v) is 2.21. The van der Waals surface area contributed by atoms with Crippen LogP contribution in [0.25, 0.3) is 0 Å². The first-order chi connectivity index (χ1) is 5.25. The molecule has 0 saturated heterocycles. The van der Waals surface area contributed by atoms with Gasteiger partial charge in [0.2, 0.25) is 0 Å². The molecule has 1 heterocycles. The topological polar surface area (TPSA) is 75.8 Å². The molecule has 0 unspecified atom stereocenters. The highest BCUT2D eigenvalue weighted by Gasteiger charge is 2.08. The SMILES string of the molecule is N#CC[C@@H](N)c1cscc1N. The predicted molar refractivity (Wildman–Crippen MR) is 45.9 cm³/mol. The molecule has 0 aliphatic rings. The zero-order chi connectivity index (χ0) is 8.27. The van der Waals surface area contributed by atoms with Crippen molar-refractivity contribution in [1.82, 2.24) is 0 Å². The molecule has 0 spiro atoms. The quantitative estimate of drug-likeness (QED) is 0.695. The summed E-state index contributed by atoms with van der Waals surface area (Å²) in [5.41, 5.74) is 12.8. The van der Waals surface area contributed by atoms with Gasteiger partial charge >= 0.3 is 0 Å². The molecule has 0 aliphatic carbocycles. The Bertz CT molecular complexity index is 273. The lowest BCUT2D eigenvalue weighted by atomic mass is 10.1. The van der Waals surface area contributed by atoms with Crippen molar-refractivity contribution in [1.29, 1.82) is 5.26 Å². The van der Waals surface area contributed by atoms with Crippen LogP contribution in [0.2, 0.25) is 0 Å². The summed E-state index contributed by atoms with van der Waals surface area (Å²) in [7, 11) is 0. The highest BCUT2D eigenvalue weighted by atomic mass is 32.1. The summed E-state index contributed by atoms with van der Waals surface area (Å²) in [4.78, 5) is 0. The normalized spacial score (nSPS) is 12.4. The molecule has 0 aromatic carbocycles. The maximum absolute atomic E-state index is 8.36. The molecule has 1 aromatic heterocycles. The van der Waals surface area contributed by atoms with E-state index >= 15 is 0 Å². The highest BCUT2D eigenvalue weighted by Crippen LogP contribution is 2.24. The maximum Gasteiger partial charge on any atom is 0.0641 e. The molecule has 4 N–H and O–H groups in total. The average molecular weight is 167 g/mol. The van der Waals surface area contributed by atoms with Crippen molar-refractivity contribution in [2.24, 2.45) is 5.73 Å². The Morgan fingerprint density at radius 1 is 1.64 bits per heavy atom. The molecule has 0 saturated carbocycles. The summed E-state index contributed by atoms with van der Waals surface area (Å²) in [6.07, 6.45) is 0.320. The molecule has 0 aliphatic heterocycles. The van der Waals surface area contributed by atoms with E-state index in [1.54, 1.807) is 0 Å². The fraction of sp³-hybridized carbons (Fsp3) is 0.286. The zero-order valence-electron chi connectivity index (χ0n) is 5.95. The molecule has 0 amide bonds. The lowest BCUT2D eigenvalue weighted by Crippen LogP contribution is -2.09. The number of hydrogen-bond donors (Lipinski definition) is 2. The number of nitrogen functional groups attached to an aromatic ring is 1. The average Bonchev–Trinajstić information content (AvgIpc) is 2.36. The van der Waals surface area contributed by atoms with Crippen LogP contribution >= 0.6 is 11.3 Å². The number of nitrogens with zero attached hydrogens (tertiary/aromatic N) is 1. The van der Waals surface area contributed by atoms with Crippen LogP contribution in [-0.2, 0) is 0 Å². The van der Waals surface area contributed by atoms with Gasteiger partial charge in [0, 0.05) is 22.7 Å². The first-order valence-electron chi connectivity index (χ1n) is 3.19. The summed E-state index contributed by atoms with van der Waals surface area (Å²) >= 11 is 1.51. The Morgan fingerprint density at radius 3 is 2.82 bits per heavy atom. The second-order valence-electron chi connectivity index (χ2n) is 2.25. The number of rotatable bonds is 2. The minimum atomic E-state index is -0.230. The van der Waals surface area contributed by atoms with E-state index in [2.05, 4.69) is 0 Å². The van der Waals surface area contributed by atoms with Gasteiger partial charge in [-0.3, -0.25) is 0 Å². The minimum absolute atomic E-state index is 0.230. The van der Waals surface area contributed by atoms with E-state index in [1.165, 1.54) is 11.3 Å². The van der Waals surface area contributed by atoms with Crippen molar-refractivity contribution in [3.05, 3.63) is 16.3 Å². The Hall–Kier alpha value is -1.05. The predicted octanol–water partition coefficient (Wildman–Crippen LogP) is 1.24. The lowest BCUT2D eigenvalue weighted by Gasteiger charge is -2.04. The zero-order valence-corrected chi connectivity index (χ0v) is 6.77. The van der Waals surface area contributed by atoms with E-state index in [1.807, 2.05) is 16.8 Å². The van der Waals surface area contributed by atoms with Gasteiger partial charge < -0.3 is 11.5 Å². The van der Waals surface area contributed by atoms with E-state index < -0.39 is 0 Å². The van der Waals surface area contributed by atoms with Gasteiger partial charge in [0.25, 0.3) is 0 Å². The lowest BCUT2D eigenvalue weighted by molar-refractivity contribution is 0.754. The standard InChI is InChI=1S/C7H9N3S/c8-2-1-6(9)5-3-11-4-7(5)10/h3-4,6H,1,9-10H2/t6-/m1/s1. The molecule has 0 bridgehead atoms. The summed E-state index contributed by atoms with van der Waals surface area (Å²) in [6, 6.07) is 1.78. The first-order valence-corrected chi connectivity index (χ1v) is 4.14. The van der Waals surface area contributed by atoms with Crippen LogP contribution in [0.15, 0.2) is 10.8 Å². The van der Waals surface area contributed by atoms with E-state index in [0.29, 0.717) is 12.1 Å². The maximum atomic E-state index is 8.36. The Morgan fingerprint density at radius 2 is 2.36 bits per heavy atom. The number of hydrogen-bond acceptors (Lipinski definition) is 4. The molecule has 1 rings (SSSR count). The van der Waals surface area contributed by atoms with Gasteiger partial charge in [0.1, 0.15) is 0 Å². The van der Waals surface area contributed by atoms with Crippen LogP contribution in [0.1, 0.15) is 18.0 Å². The van der Waals surface area contributed by atoms with Crippen LogP contribution in [0.5, 0.6) is 0 Å². The van der Waals surface area contributed by atoms with Gasteiger partial charge in [-0.25, -0.2) is 0 Å². The van der Waals surface area contributed by atoms with Gasteiger partial charge in [-0.2, -0.15) is 5.26 Å². The third-order valence-electron chi connectivity index (χ3n) is 1.43. The van der Waals surface area contributed by atoms with Gasteiger partial charge in [-0.05, 0) is 5.38 Å². The molecule has 11 heavy (non-hydrogen) atoms. The number of nitrogens with two attached hydrogens (primary N) is 2. The Labute approximate surface area is 69.2 Å². The molecule has 1 aromatic rings. The molecular weight excluding hydrogens is 158 g/mol. The largest absolute Gasteiger partial charge is 0.398 e. The highest BCUT2D eigenvalue weighted by molar-refractivity contribution is 7.08. The number of anilines is 1. The Kier molecular flexibility index (Phi) is 2.47. The van der Waals surface area contributed by atoms with Crippen molar-refractivity contribution in [3.8, 4) is 6.07 Å². The van der Waals surface area contributed by atoms with Crippen LogP contribution in [0, 0.1) is 11.3 Å². The van der Waals surface area contributed by atoms with Crippen molar-refractivity contribution in [2.45, 2.75) is 12.5 Å². The molecule has 58 valence electrons. The van der Waals surface area contributed by atoms with Gasteiger partial charge in [-0.15, -0.1) is 11.3 Å². The van der Waals surface area contributed by atoms with Gasteiger partial charge in [0.05, 0.1) is 12.5 Å². The van der Waals surface area contributed by atoms with Crippen molar-refractivity contribution in [2.75, 3.05) is 5.73 Å². The molecule has 0 fully saturated rings. The van der Waals surface area contributed by atoms with Crippen molar-refractivity contribution < 1.29 is 0 Å². The van der Waals surface area contributed by atoms with E-state index in [9.17, 15) is 0 Å². The first kappa shape index (κ1) is 8.05. The molecule has 3 nitrogen and oxygen atoms in total. The summed E-state index contributed by atoms with van der Waals surface area (Å²) < 4.78 is 0. The van der Waals surface area contributed by atoms with Crippen LogP contribution in [0.4, 0.5) is 5.69 Å². The van der Waals surface area contributed by atoms with Crippen LogP contribution in [-0.4, -0.2) is 0 Å². The minimum Gasteiger partial charge on any atom is -0.398 e. The molecular formula is C7H9N3S. The van der Waals surface area contributed by atoms with Gasteiger partial charge in [0.15, 0.2) is 0 Å². The van der Waals surface area contributed by atoms with Crippen molar-refractivity contribution in [3.63, 3.8) is 0 Å². The molecule has 0 radical (unpaired) electrons. The fourth-order valence-electron chi connectivity index (χ4n) is 0.826. The summed E-state index contributed by atoms with van der Waals surface area (Å²) in [5, 5.41) is 12.1. The Balaban J connectivity index is 2.77. The van der Waals surface area contributed by atoms with E-state index in [0.717, 1.165) is 5.56 Å². The summed E-state index contributed by atoms with van der Waals surface area (Å²) in [5.74, 6) is 0. The fourth-order valence-corrected chi connectivity index (χ4v) is 1.63. The number of nitriles is 1. The van der Waals surface area contributed by atoms with Gasteiger partial charge in [-0.1, -0.05) is 0 Å². The molecule has 1 atom stereocenters. The molecule has 4 heteroatoms. The van der Waals surface area contributed by atoms with Crippen molar-refractivity contribution >= 4 is 17.0 Å².